The topological polar surface area (TPSA) is 68.3 Å². The fourth-order valence-corrected chi connectivity index (χ4v) is 1.87. The van der Waals surface area contributed by atoms with E-state index in [0.717, 1.165) is 6.92 Å². The molecule has 0 unspecified atom stereocenters. The van der Waals surface area contributed by atoms with Gasteiger partial charge in [-0.15, -0.1) is 0 Å². The number of alkyl halides is 2. The van der Waals surface area contributed by atoms with Crippen molar-refractivity contribution < 1.29 is 23.1 Å². The molecule has 0 aromatic carbocycles. The minimum absolute atomic E-state index is 0.0715. The lowest BCUT2D eigenvalue weighted by molar-refractivity contribution is -0.145. The first-order chi connectivity index (χ1) is 10.1. The number of hydrogen-bond donors (Lipinski definition) is 1. The lowest BCUT2D eigenvalue weighted by atomic mass is 10.1. The van der Waals surface area contributed by atoms with Crippen LogP contribution in [0.5, 0.6) is 0 Å². The summed E-state index contributed by atoms with van der Waals surface area (Å²) >= 11 is 3.16. The first-order valence-electron chi connectivity index (χ1n) is 6.53. The van der Waals surface area contributed by atoms with E-state index in [1.807, 2.05) is 0 Å². The molecular formula is C14H17BrF2N2O3. The highest BCUT2D eigenvalue weighted by molar-refractivity contribution is 9.10. The van der Waals surface area contributed by atoms with E-state index in [1.54, 1.807) is 0 Å². The Balaban J connectivity index is 2.86. The number of nitrogens with one attached hydrogen (secondary N) is 1. The third kappa shape index (κ3) is 6.05. The van der Waals surface area contributed by atoms with Crippen LogP contribution in [0.1, 0.15) is 26.3 Å². The SMILES string of the molecule is CC(=O)OCC(=O)Cc1cnc(Br)cc1N[C@@H](C)C(C)(F)F. The second-order valence-electron chi connectivity index (χ2n) is 4.98. The van der Waals surface area contributed by atoms with Crippen molar-refractivity contribution in [2.75, 3.05) is 11.9 Å². The molecule has 0 spiro atoms. The highest BCUT2D eigenvalue weighted by Gasteiger charge is 2.30. The van der Waals surface area contributed by atoms with Crippen LogP contribution in [-0.2, 0) is 20.7 Å². The largest absolute Gasteiger partial charge is 0.458 e. The predicted octanol–water partition coefficient (Wildman–Crippen LogP) is 2.97. The molecule has 0 aliphatic rings. The number of rotatable bonds is 7. The van der Waals surface area contributed by atoms with Crippen LogP contribution in [0.2, 0.25) is 0 Å². The van der Waals surface area contributed by atoms with E-state index >= 15 is 0 Å². The van der Waals surface area contributed by atoms with E-state index in [9.17, 15) is 18.4 Å². The van der Waals surface area contributed by atoms with Crippen molar-refractivity contribution in [3.63, 3.8) is 0 Å². The number of hydrogen-bond acceptors (Lipinski definition) is 5. The van der Waals surface area contributed by atoms with E-state index in [-0.39, 0.29) is 18.8 Å². The number of carbonyl (C=O) groups excluding carboxylic acids is 2. The lowest BCUT2D eigenvalue weighted by Crippen LogP contribution is -2.34. The van der Waals surface area contributed by atoms with Gasteiger partial charge in [-0.25, -0.2) is 13.8 Å². The molecule has 0 radical (unpaired) electrons. The van der Waals surface area contributed by atoms with Gasteiger partial charge in [-0.3, -0.25) is 9.59 Å². The summed E-state index contributed by atoms with van der Waals surface area (Å²) in [6.07, 6.45) is 1.34. The van der Waals surface area contributed by atoms with E-state index < -0.39 is 17.9 Å². The third-order valence-electron chi connectivity index (χ3n) is 2.91. The molecule has 0 saturated carbocycles. The van der Waals surface area contributed by atoms with E-state index in [4.69, 9.17) is 0 Å². The molecule has 122 valence electrons. The smallest absolute Gasteiger partial charge is 0.303 e. The number of ketones is 1. The van der Waals surface area contributed by atoms with Gasteiger partial charge in [-0.05, 0) is 28.9 Å². The second-order valence-corrected chi connectivity index (χ2v) is 5.79. The fraction of sp³-hybridized carbons (Fsp3) is 0.500. The van der Waals surface area contributed by atoms with Crippen LogP contribution in [0.4, 0.5) is 14.5 Å². The Kier molecular flexibility index (Phi) is 6.40. The number of carbonyl (C=O) groups is 2. The van der Waals surface area contributed by atoms with Gasteiger partial charge < -0.3 is 10.1 Å². The minimum Gasteiger partial charge on any atom is -0.458 e. The molecule has 1 heterocycles. The highest BCUT2D eigenvalue weighted by Crippen LogP contribution is 2.25. The maximum Gasteiger partial charge on any atom is 0.303 e. The zero-order chi connectivity index (χ0) is 16.9. The Bertz CT molecular complexity index is 562. The number of ether oxygens (including phenoxy) is 1. The molecule has 0 bridgehead atoms. The number of esters is 1. The van der Waals surface area contributed by atoms with Crippen molar-refractivity contribution in [2.24, 2.45) is 0 Å². The summed E-state index contributed by atoms with van der Waals surface area (Å²) < 4.78 is 31.7. The Labute approximate surface area is 135 Å². The molecule has 0 aliphatic heterocycles. The zero-order valence-electron chi connectivity index (χ0n) is 12.5. The van der Waals surface area contributed by atoms with Crippen molar-refractivity contribution >= 4 is 33.4 Å². The van der Waals surface area contributed by atoms with Gasteiger partial charge in [0.2, 0.25) is 0 Å². The molecule has 0 aliphatic carbocycles. The molecular weight excluding hydrogens is 362 g/mol. The molecule has 1 aromatic heterocycles. The molecule has 0 saturated heterocycles. The van der Waals surface area contributed by atoms with Crippen LogP contribution in [0.3, 0.4) is 0 Å². The first-order valence-corrected chi connectivity index (χ1v) is 7.32. The van der Waals surface area contributed by atoms with Crippen LogP contribution in [0, 0.1) is 0 Å². The predicted molar refractivity (Wildman–Crippen MR) is 81.0 cm³/mol. The Morgan fingerprint density at radius 1 is 1.50 bits per heavy atom. The number of anilines is 1. The van der Waals surface area contributed by atoms with E-state index in [0.29, 0.717) is 15.9 Å². The van der Waals surface area contributed by atoms with Crippen LogP contribution < -0.4 is 5.32 Å². The fourth-order valence-electron chi connectivity index (χ4n) is 1.54. The van der Waals surface area contributed by atoms with Gasteiger partial charge in [0.25, 0.3) is 5.92 Å². The van der Waals surface area contributed by atoms with Crippen molar-refractivity contribution in [3.8, 4) is 0 Å². The summed E-state index contributed by atoms with van der Waals surface area (Å²) in [7, 11) is 0. The van der Waals surface area contributed by atoms with Crippen molar-refractivity contribution in [1.29, 1.82) is 0 Å². The van der Waals surface area contributed by atoms with Gasteiger partial charge >= 0.3 is 5.97 Å². The van der Waals surface area contributed by atoms with Gasteiger partial charge in [0, 0.05) is 37.7 Å². The third-order valence-corrected chi connectivity index (χ3v) is 3.34. The molecule has 22 heavy (non-hydrogen) atoms. The number of nitrogens with zero attached hydrogens (tertiary/aromatic N) is 1. The highest BCUT2D eigenvalue weighted by atomic mass is 79.9. The summed E-state index contributed by atoms with van der Waals surface area (Å²) in [6.45, 7) is 3.00. The van der Waals surface area contributed by atoms with Gasteiger partial charge in [-0.2, -0.15) is 0 Å². The maximum absolute atomic E-state index is 13.3. The van der Waals surface area contributed by atoms with Gasteiger partial charge in [0.05, 0.1) is 6.04 Å². The molecule has 1 atom stereocenters. The van der Waals surface area contributed by atoms with Crippen LogP contribution in [-0.4, -0.2) is 35.3 Å². The standard InChI is InChI=1S/C14H17BrF2N2O3/c1-8(14(3,16)17)19-12-5-13(15)18-6-10(12)4-11(21)7-22-9(2)20/h5-6,8H,4,7H2,1-3H3,(H,18,19)/t8-/m0/s1. The molecule has 8 heteroatoms. The van der Waals surface area contributed by atoms with Crippen molar-refractivity contribution in [1.82, 2.24) is 4.98 Å². The average molecular weight is 379 g/mol. The maximum atomic E-state index is 13.3. The molecule has 1 N–H and O–H groups in total. The molecule has 1 rings (SSSR count). The first kappa shape index (κ1) is 18.5. The van der Waals surface area contributed by atoms with Crippen LogP contribution >= 0.6 is 15.9 Å². The van der Waals surface area contributed by atoms with E-state index in [2.05, 4.69) is 31.0 Å². The molecule has 1 aromatic rings. The number of pyridine rings is 1. The molecule has 5 nitrogen and oxygen atoms in total. The van der Waals surface area contributed by atoms with Gasteiger partial charge in [0.1, 0.15) is 11.2 Å². The molecule has 0 fully saturated rings. The second kappa shape index (κ2) is 7.62. The van der Waals surface area contributed by atoms with Crippen molar-refractivity contribution in [3.05, 3.63) is 22.4 Å². The number of aromatic nitrogens is 1. The Morgan fingerprint density at radius 3 is 2.68 bits per heavy atom. The quantitative estimate of drug-likeness (QED) is 0.583. The number of halogens is 3. The summed E-state index contributed by atoms with van der Waals surface area (Å²) in [6, 6.07) is 0.403. The summed E-state index contributed by atoms with van der Waals surface area (Å²) in [5.74, 6) is -3.83. The normalized spacial score (nSPS) is 12.6. The summed E-state index contributed by atoms with van der Waals surface area (Å²) in [5.41, 5.74) is 0.837. The van der Waals surface area contributed by atoms with Crippen LogP contribution in [0.15, 0.2) is 16.9 Å². The lowest BCUT2D eigenvalue weighted by Gasteiger charge is -2.23. The zero-order valence-corrected chi connectivity index (χ0v) is 14.0. The Hall–Kier alpha value is -1.57. The van der Waals surface area contributed by atoms with Gasteiger partial charge in [-0.1, -0.05) is 0 Å². The monoisotopic (exact) mass is 378 g/mol. The van der Waals surface area contributed by atoms with Crippen LogP contribution in [0.25, 0.3) is 0 Å². The van der Waals surface area contributed by atoms with E-state index in [1.165, 1.54) is 26.1 Å². The molecule has 0 amide bonds. The average Bonchev–Trinajstić information content (AvgIpc) is 2.38. The Morgan fingerprint density at radius 2 is 2.14 bits per heavy atom. The minimum atomic E-state index is -2.92. The van der Waals surface area contributed by atoms with Crippen molar-refractivity contribution in [2.45, 2.75) is 39.2 Å². The summed E-state index contributed by atoms with van der Waals surface area (Å²) in [5, 5.41) is 2.68. The summed E-state index contributed by atoms with van der Waals surface area (Å²) in [4.78, 5) is 26.4. The van der Waals surface area contributed by atoms with Gasteiger partial charge in [0.15, 0.2) is 5.78 Å². The number of Topliss-reactive ketones (excluding diaryl/α,β-unsaturated/α-hetero) is 1.